The van der Waals surface area contributed by atoms with Crippen LogP contribution in [0, 0.1) is 31.6 Å². The molecule has 0 aliphatic heterocycles. The predicted octanol–water partition coefficient (Wildman–Crippen LogP) is 2.16. The fourth-order valence-corrected chi connectivity index (χ4v) is 3.35. The van der Waals surface area contributed by atoms with Crippen molar-refractivity contribution in [3.8, 4) is 0 Å². The molecule has 4 heteroatoms. The number of nitrogens with one attached hydrogen (secondary N) is 1. The van der Waals surface area contributed by atoms with Crippen LogP contribution < -0.4 is 5.32 Å². The summed E-state index contributed by atoms with van der Waals surface area (Å²) >= 11 is 0. The Labute approximate surface area is 113 Å². The van der Waals surface area contributed by atoms with Gasteiger partial charge in [-0.25, -0.2) is 0 Å². The molecule has 0 saturated heterocycles. The molecule has 2 bridgehead atoms. The zero-order valence-electron chi connectivity index (χ0n) is 11.5. The number of aryl methyl sites for hydroxylation is 2. The van der Waals surface area contributed by atoms with E-state index in [9.17, 15) is 4.79 Å². The van der Waals surface area contributed by atoms with E-state index in [1.165, 1.54) is 12.8 Å². The molecule has 102 valence electrons. The van der Waals surface area contributed by atoms with Gasteiger partial charge in [0.15, 0.2) is 0 Å². The Bertz CT molecular complexity index is 499. The highest BCUT2D eigenvalue weighted by molar-refractivity contribution is 5.79. The minimum absolute atomic E-state index is 0.0705. The quantitative estimate of drug-likeness (QED) is 0.844. The molecule has 3 rings (SSSR count). The molecule has 2 aliphatic rings. The van der Waals surface area contributed by atoms with Gasteiger partial charge in [-0.1, -0.05) is 17.3 Å². The van der Waals surface area contributed by atoms with Crippen LogP contribution in [-0.4, -0.2) is 17.6 Å². The predicted molar refractivity (Wildman–Crippen MR) is 71.5 cm³/mol. The van der Waals surface area contributed by atoms with Crippen molar-refractivity contribution in [2.75, 3.05) is 6.54 Å². The van der Waals surface area contributed by atoms with Crippen LogP contribution in [0.15, 0.2) is 16.7 Å². The maximum Gasteiger partial charge on any atom is 0.224 e. The van der Waals surface area contributed by atoms with Crippen molar-refractivity contribution in [3.63, 3.8) is 0 Å². The first-order valence-corrected chi connectivity index (χ1v) is 7.00. The Kier molecular flexibility index (Phi) is 3.17. The Morgan fingerprint density at radius 1 is 1.42 bits per heavy atom. The topological polar surface area (TPSA) is 55.1 Å². The van der Waals surface area contributed by atoms with E-state index >= 15 is 0 Å². The van der Waals surface area contributed by atoms with Crippen molar-refractivity contribution in [2.24, 2.45) is 17.8 Å². The summed E-state index contributed by atoms with van der Waals surface area (Å²) in [7, 11) is 0. The second kappa shape index (κ2) is 4.83. The summed E-state index contributed by atoms with van der Waals surface area (Å²) in [6, 6.07) is 0. The van der Waals surface area contributed by atoms with Crippen molar-refractivity contribution >= 4 is 5.91 Å². The molecule has 1 N–H and O–H groups in total. The Morgan fingerprint density at radius 2 is 2.26 bits per heavy atom. The molecule has 1 fully saturated rings. The molecule has 1 aromatic rings. The van der Waals surface area contributed by atoms with Crippen molar-refractivity contribution in [1.29, 1.82) is 0 Å². The molecular weight excluding hydrogens is 240 g/mol. The summed E-state index contributed by atoms with van der Waals surface area (Å²) in [6.45, 7) is 4.52. The Balaban J connectivity index is 1.51. The summed E-state index contributed by atoms with van der Waals surface area (Å²) in [5.74, 6) is 2.89. The molecule has 1 heterocycles. The molecule has 1 saturated carbocycles. The maximum absolute atomic E-state index is 12.0. The fourth-order valence-electron chi connectivity index (χ4n) is 3.35. The van der Waals surface area contributed by atoms with Crippen LogP contribution in [0.4, 0.5) is 0 Å². The third kappa shape index (κ3) is 2.44. The van der Waals surface area contributed by atoms with Crippen LogP contribution >= 0.6 is 0 Å². The van der Waals surface area contributed by atoms with Gasteiger partial charge in [0.1, 0.15) is 5.76 Å². The SMILES string of the molecule is Cc1noc(C)c1CC(=O)NC[C@@H]1C[C@H]2C=C[C@@H]1C2. The molecule has 1 amide bonds. The molecule has 0 aromatic carbocycles. The third-order valence-corrected chi connectivity index (χ3v) is 4.50. The lowest BCUT2D eigenvalue weighted by atomic mass is 9.93. The number of hydrogen-bond donors (Lipinski definition) is 1. The van der Waals surface area contributed by atoms with Gasteiger partial charge in [0, 0.05) is 12.1 Å². The summed E-state index contributed by atoms with van der Waals surface area (Å²) in [4.78, 5) is 12.0. The van der Waals surface area contributed by atoms with E-state index in [0.717, 1.165) is 29.5 Å². The van der Waals surface area contributed by atoms with Crippen molar-refractivity contribution in [2.45, 2.75) is 33.1 Å². The molecule has 0 unspecified atom stereocenters. The molecule has 3 atom stereocenters. The van der Waals surface area contributed by atoms with E-state index in [0.29, 0.717) is 18.3 Å². The second-order valence-corrected chi connectivity index (χ2v) is 5.82. The third-order valence-electron chi connectivity index (χ3n) is 4.50. The van der Waals surface area contributed by atoms with Crippen LogP contribution in [0.2, 0.25) is 0 Å². The summed E-state index contributed by atoms with van der Waals surface area (Å²) in [5.41, 5.74) is 1.74. The van der Waals surface area contributed by atoms with Crippen molar-refractivity contribution in [1.82, 2.24) is 10.5 Å². The van der Waals surface area contributed by atoms with Gasteiger partial charge in [0.2, 0.25) is 5.91 Å². The number of carbonyl (C=O) groups excluding carboxylic acids is 1. The standard InChI is InChI=1S/C15H20N2O2/c1-9-14(10(2)19-17-9)7-15(18)16-8-13-6-11-3-4-12(13)5-11/h3-4,11-13H,5-8H2,1-2H3,(H,16,18)/t11-,12+,13-/m0/s1. The second-order valence-electron chi connectivity index (χ2n) is 5.82. The molecule has 0 spiro atoms. The van der Waals surface area contributed by atoms with Crippen molar-refractivity contribution in [3.05, 3.63) is 29.2 Å². The highest BCUT2D eigenvalue weighted by atomic mass is 16.5. The lowest BCUT2D eigenvalue weighted by molar-refractivity contribution is -0.120. The molecular formula is C15H20N2O2. The lowest BCUT2D eigenvalue weighted by Crippen LogP contribution is -2.32. The number of carbonyl (C=O) groups is 1. The number of allylic oxidation sites excluding steroid dienone is 2. The normalized spacial score (nSPS) is 28.0. The first-order valence-electron chi connectivity index (χ1n) is 7.00. The van der Waals surface area contributed by atoms with Gasteiger partial charge in [-0.05, 0) is 44.4 Å². The van der Waals surface area contributed by atoms with E-state index < -0.39 is 0 Å². The summed E-state index contributed by atoms with van der Waals surface area (Å²) in [5, 5.41) is 6.93. The number of aromatic nitrogens is 1. The molecule has 0 radical (unpaired) electrons. The summed E-state index contributed by atoms with van der Waals surface area (Å²) in [6.07, 6.45) is 7.53. The number of amides is 1. The number of nitrogens with zero attached hydrogens (tertiary/aromatic N) is 1. The molecule has 4 nitrogen and oxygen atoms in total. The smallest absolute Gasteiger partial charge is 0.224 e. The van der Waals surface area contributed by atoms with E-state index in [2.05, 4.69) is 22.6 Å². The van der Waals surface area contributed by atoms with E-state index in [1.54, 1.807) is 0 Å². The average Bonchev–Trinajstić information content (AvgIpc) is 3.08. The first-order chi connectivity index (χ1) is 9.13. The zero-order valence-corrected chi connectivity index (χ0v) is 11.5. The number of fused-ring (bicyclic) bond motifs is 2. The van der Waals surface area contributed by atoms with E-state index in [4.69, 9.17) is 4.52 Å². The largest absolute Gasteiger partial charge is 0.361 e. The number of rotatable bonds is 4. The highest BCUT2D eigenvalue weighted by Gasteiger charge is 2.35. The van der Waals surface area contributed by atoms with Gasteiger partial charge < -0.3 is 9.84 Å². The van der Waals surface area contributed by atoms with E-state index in [1.807, 2.05) is 13.8 Å². The highest BCUT2D eigenvalue weighted by Crippen LogP contribution is 2.42. The van der Waals surface area contributed by atoms with Crippen LogP contribution in [0.3, 0.4) is 0 Å². The van der Waals surface area contributed by atoms with Crippen LogP contribution in [0.25, 0.3) is 0 Å². The fraction of sp³-hybridized carbons (Fsp3) is 0.600. The Hall–Kier alpha value is -1.58. The van der Waals surface area contributed by atoms with Gasteiger partial charge >= 0.3 is 0 Å². The number of hydrogen-bond acceptors (Lipinski definition) is 3. The van der Waals surface area contributed by atoms with Gasteiger partial charge in [0.25, 0.3) is 0 Å². The summed E-state index contributed by atoms with van der Waals surface area (Å²) < 4.78 is 5.08. The lowest BCUT2D eigenvalue weighted by Gasteiger charge is -2.18. The minimum atomic E-state index is 0.0705. The molecule has 19 heavy (non-hydrogen) atoms. The van der Waals surface area contributed by atoms with Gasteiger partial charge in [0.05, 0.1) is 12.1 Å². The van der Waals surface area contributed by atoms with Gasteiger partial charge in [-0.3, -0.25) is 4.79 Å². The molecule has 2 aliphatic carbocycles. The maximum atomic E-state index is 12.0. The van der Waals surface area contributed by atoms with Crippen molar-refractivity contribution < 1.29 is 9.32 Å². The van der Waals surface area contributed by atoms with E-state index in [-0.39, 0.29) is 5.91 Å². The zero-order chi connectivity index (χ0) is 13.4. The van der Waals surface area contributed by atoms with Gasteiger partial charge in [-0.2, -0.15) is 0 Å². The van der Waals surface area contributed by atoms with Gasteiger partial charge in [-0.15, -0.1) is 0 Å². The van der Waals surface area contributed by atoms with Crippen LogP contribution in [0.5, 0.6) is 0 Å². The first kappa shape index (κ1) is 12.5. The molecule has 1 aromatic heterocycles. The Morgan fingerprint density at radius 3 is 2.84 bits per heavy atom. The monoisotopic (exact) mass is 260 g/mol. The van der Waals surface area contributed by atoms with Crippen LogP contribution in [-0.2, 0) is 11.2 Å². The minimum Gasteiger partial charge on any atom is -0.361 e. The van der Waals surface area contributed by atoms with Crippen LogP contribution in [0.1, 0.15) is 29.9 Å². The average molecular weight is 260 g/mol.